The van der Waals surface area contributed by atoms with E-state index in [1.807, 2.05) is 0 Å². The molecule has 2 amide bonds. The molecule has 0 bridgehead atoms. The van der Waals surface area contributed by atoms with Gasteiger partial charge in [0.15, 0.2) is 10.3 Å². The third-order valence-corrected chi connectivity index (χ3v) is 15.8. The van der Waals surface area contributed by atoms with Crippen LogP contribution in [0.25, 0.3) is 22.3 Å². The lowest BCUT2D eigenvalue weighted by Crippen LogP contribution is -2.40. The third kappa shape index (κ3) is 19.2. The Balaban J connectivity index is 0.000000290. The summed E-state index contributed by atoms with van der Waals surface area (Å²) in [7, 11) is 0. The molecule has 95 heavy (non-hydrogen) atoms. The first-order valence-corrected chi connectivity index (χ1v) is 30.3. The van der Waals surface area contributed by atoms with E-state index in [1.165, 1.54) is 60.7 Å². The number of likely N-dealkylation sites (N-methyl/N-ethyl adjacent to an activating group) is 2. The summed E-state index contributed by atoms with van der Waals surface area (Å²) in [5.41, 5.74) is -6.79. The predicted molar refractivity (Wildman–Crippen MR) is 358 cm³/mol. The highest BCUT2D eigenvalue weighted by Crippen LogP contribution is 2.35. The van der Waals surface area contributed by atoms with Gasteiger partial charge >= 0.3 is 12.4 Å². The molecule has 1 unspecified atom stereocenters. The van der Waals surface area contributed by atoms with Crippen LogP contribution < -0.4 is 11.1 Å². The highest BCUT2D eigenvalue weighted by atomic mass is 32.2. The lowest BCUT2D eigenvalue weighted by molar-refractivity contribution is -0.138. The Kier molecular flexibility index (Phi) is 13.5. The fourth-order valence-corrected chi connectivity index (χ4v) is 10.8. The van der Waals surface area contributed by atoms with E-state index in [1.54, 1.807) is 0 Å². The van der Waals surface area contributed by atoms with E-state index in [0.29, 0.717) is 48.2 Å². The van der Waals surface area contributed by atoms with Gasteiger partial charge in [0.25, 0.3) is 11.1 Å². The van der Waals surface area contributed by atoms with Crippen LogP contribution in [0.4, 0.5) is 35.1 Å². The number of thioether (sulfide) groups is 2. The fourth-order valence-electron chi connectivity index (χ4n) is 9.11. The average Bonchev–Trinajstić information content (AvgIpc) is 1.51. The number of benzene rings is 6. The van der Waals surface area contributed by atoms with Crippen LogP contribution in [0.2, 0.25) is 0 Å². The van der Waals surface area contributed by atoms with Gasteiger partial charge in [0.2, 0.25) is 11.8 Å². The summed E-state index contributed by atoms with van der Waals surface area (Å²) in [4.78, 5) is 64.4. The van der Waals surface area contributed by atoms with Crippen LogP contribution in [0.1, 0.15) is 142 Å². The molecule has 502 valence electrons. The maximum absolute atomic E-state index is 15.2. The van der Waals surface area contributed by atoms with Gasteiger partial charge in [-0.1, -0.05) is 155 Å². The standard InChI is InChI=1S/C37H40F4N4O2S.C36H38F4N4O2S/c1-4-43(5-2)18-19-44(22-26-6-10-28(11-7-26)29-12-14-30(15-13-29)37(39,40)41)34(46)23-45-33-21-25(3)20-32(33)35(47)42-36(45)48-24-27-8-16-31(38)17-9-27;1-3-42(4-2)20-21-43(22-25-8-12-27(13-9-25)28-14-16-29(17-15-28)36(38,39)40)33(45)23-44-32-7-5-6-31(32)34(46)41-35(44)47-24-26-10-18-30(37)19-11-26/h6-17,25H,4-5,18-24H2,1-3H3;8-19H,3-7,20-24H2,1-2H3/i4D2,5D2,8D,9D,16D,17D,18D2,19D2,20D2,21D2,23D2,25D;3D2,4D2,10D,11D,18D,19D,20D2,21D2,23D2. The Morgan fingerprint density at radius 1 is 0.537 bits per heavy atom. The second-order valence-corrected chi connectivity index (χ2v) is 22.1. The van der Waals surface area contributed by atoms with E-state index in [4.69, 9.17) is 37.0 Å². The molecule has 0 saturated carbocycles. The van der Waals surface area contributed by atoms with Crippen molar-refractivity contribution in [3.05, 3.63) is 234 Å². The number of amides is 2. The number of aromatic nitrogens is 4. The van der Waals surface area contributed by atoms with Gasteiger partial charge in [0.05, 0.1) is 33.1 Å². The molecule has 0 spiro atoms. The summed E-state index contributed by atoms with van der Waals surface area (Å²) in [5.74, 6) is -11.4. The highest BCUT2D eigenvalue weighted by molar-refractivity contribution is 7.98. The van der Waals surface area contributed by atoms with Crippen LogP contribution in [0.15, 0.2) is 165 Å². The molecule has 8 aromatic rings. The minimum Gasteiger partial charge on any atom is -0.336 e. The van der Waals surface area contributed by atoms with Crippen LogP contribution >= 0.6 is 23.5 Å². The molecule has 0 fully saturated rings. The molecule has 0 N–H and O–H groups in total. The molecule has 2 aromatic heterocycles. The van der Waals surface area contributed by atoms with E-state index in [9.17, 15) is 57.7 Å². The molecule has 0 radical (unpaired) electrons. The number of halogens is 8. The Morgan fingerprint density at radius 2 is 0.905 bits per heavy atom. The maximum Gasteiger partial charge on any atom is 0.416 e. The second-order valence-electron chi connectivity index (χ2n) is 20.2. The lowest BCUT2D eigenvalue weighted by Gasteiger charge is -2.28. The average molecular weight is 1380 g/mol. The number of nitrogens with zero attached hydrogens (tertiary/aromatic N) is 8. The molecule has 2 heterocycles. The SMILES string of the molecule is [2H]c1c([2H])c(CSc2nc(=O)c3c(n2C([2H])([2H])C(=O)N(Cc2ccc(-c4ccc(C(F)(F)F)cc4)cc2)C([2H])([2H])C([2H])([2H])N(C([2H])([2H])C)C([2H])([2H])C)C([2H])([2H])C([2H])(C)C3([2H])[2H])c([2H])c([2H])c1F.[2H]c1c([2H])c(CSc2nc(=O)c3c(n2C([2H])([2H])C(=O)N(Cc2ccc(-c4ccc(C(F)(F)F)cc4)cc2)C([2H])([2H])C([2H])([2H])N(C([2H])([2H])C)C([2H])([2H])C)CCC3)c([2H])c([2H])c1F. The number of carbonyl (C=O) groups is 2. The summed E-state index contributed by atoms with van der Waals surface area (Å²) in [6.07, 6.45) is -15.7. The minimum atomic E-state index is -4.66. The predicted octanol–water partition coefficient (Wildman–Crippen LogP) is 14.7. The van der Waals surface area contributed by atoms with Crippen LogP contribution in [0.5, 0.6) is 0 Å². The van der Waals surface area contributed by atoms with E-state index in [-0.39, 0.29) is 94.3 Å². The van der Waals surface area contributed by atoms with Crippen molar-refractivity contribution >= 4 is 35.3 Å². The van der Waals surface area contributed by atoms with Crippen molar-refractivity contribution in [1.82, 2.24) is 38.7 Å². The molecular weight excluding hydrogens is 1270 g/mol. The van der Waals surface area contributed by atoms with Crippen LogP contribution in [0, 0.1) is 17.5 Å². The highest BCUT2D eigenvalue weighted by Gasteiger charge is 2.33. The van der Waals surface area contributed by atoms with Crippen molar-refractivity contribution in [2.75, 3.05) is 52.0 Å². The number of carbonyl (C=O) groups excluding carboxylic acids is 2. The van der Waals surface area contributed by atoms with E-state index >= 15 is 4.79 Å². The van der Waals surface area contributed by atoms with Crippen molar-refractivity contribution in [2.45, 2.75) is 127 Å². The molecule has 0 aliphatic heterocycles. The molecule has 12 nitrogen and oxygen atoms in total. The molecule has 1 atom stereocenters. The molecule has 6 aromatic carbocycles. The Bertz CT molecular complexity index is 5650. The first kappa shape index (κ1) is 39.3. The van der Waals surface area contributed by atoms with E-state index in [2.05, 4.69) is 9.97 Å². The van der Waals surface area contributed by atoms with E-state index in [0.717, 1.165) is 50.2 Å². The van der Waals surface area contributed by atoms with Gasteiger partial charge in [-0.3, -0.25) is 19.2 Å². The Morgan fingerprint density at radius 3 is 1.28 bits per heavy atom. The van der Waals surface area contributed by atoms with Gasteiger partial charge < -0.3 is 28.7 Å². The molecule has 10 rings (SSSR count). The third-order valence-electron chi connectivity index (χ3n) is 13.8. The fraction of sp³-hybridized carbons (Fsp3) is 0.370. The van der Waals surface area contributed by atoms with Crippen molar-refractivity contribution in [3.8, 4) is 22.3 Å². The van der Waals surface area contributed by atoms with Gasteiger partial charge in [-0.15, -0.1) is 0 Å². The van der Waals surface area contributed by atoms with Crippen molar-refractivity contribution in [2.24, 2.45) is 5.89 Å². The summed E-state index contributed by atoms with van der Waals surface area (Å²) >= 11 is 0.636. The lowest BCUT2D eigenvalue weighted by atomic mass is 10.0. The summed E-state index contributed by atoms with van der Waals surface area (Å²) in [6.45, 7) is -33.8. The zero-order valence-corrected chi connectivity index (χ0v) is 52.4. The Labute approximate surface area is 603 Å². The summed E-state index contributed by atoms with van der Waals surface area (Å²) < 4.78 is 394. The summed E-state index contributed by atoms with van der Waals surface area (Å²) in [6, 6.07) is 10.7. The van der Waals surface area contributed by atoms with Crippen molar-refractivity contribution in [3.63, 3.8) is 0 Å². The first-order valence-electron chi connectivity index (χ1n) is 44.8. The zero-order valence-electron chi connectivity index (χ0n) is 83.7. The number of hydrogen-bond acceptors (Lipinski definition) is 10. The number of rotatable bonds is 26. The second kappa shape index (κ2) is 32.7. The largest absolute Gasteiger partial charge is 0.416 e. The smallest absolute Gasteiger partial charge is 0.336 e. The molecule has 22 heteroatoms. The van der Waals surface area contributed by atoms with Crippen LogP contribution in [-0.2, 0) is 85.1 Å². The van der Waals surface area contributed by atoms with Crippen molar-refractivity contribution < 1.29 is 89.9 Å². The Hall–Kier alpha value is -7.92. The zero-order chi connectivity index (χ0) is 97.4. The molecule has 2 aliphatic carbocycles. The monoisotopic (exact) mass is 1380 g/mol. The maximum atomic E-state index is 15.2. The van der Waals surface area contributed by atoms with E-state index < -0.39 is 242 Å². The molecule has 0 saturated heterocycles. The normalized spacial score (nSPS) is 22.0. The van der Waals surface area contributed by atoms with Gasteiger partial charge in [-0.05, 0) is 157 Å². The number of fused-ring (bicyclic) bond motifs is 2. The van der Waals surface area contributed by atoms with Crippen LogP contribution in [-0.4, -0.2) is 102 Å². The topological polar surface area (TPSA) is 117 Å². The van der Waals surface area contributed by atoms with Gasteiger partial charge in [-0.25, -0.2) is 8.78 Å². The van der Waals surface area contributed by atoms with Crippen molar-refractivity contribution in [1.29, 1.82) is 0 Å². The van der Waals surface area contributed by atoms with Gasteiger partial charge in [0, 0.05) is 96.4 Å². The number of hydrogen-bond donors (Lipinski definition) is 0. The van der Waals surface area contributed by atoms with Gasteiger partial charge in [0.1, 0.15) is 24.6 Å². The number of alkyl halides is 6. The minimum absolute atomic E-state index is 0.000310. The molecular formula is C73H78F8N8O4S2. The van der Waals surface area contributed by atoms with Crippen LogP contribution in [0.3, 0.4) is 0 Å². The quantitative estimate of drug-likeness (QED) is 0.0295. The van der Waals surface area contributed by atoms with Gasteiger partial charge in [-0.2, -0.15) is 36.3 Å². The first-order chi connectivity index (χ1) is 57.9. The molecule has 2 aliphatic rings. The summed E-state index contributed by atoms with van der Waals surface area (Å²) in [5, 5.41) is -1.62.